The summed E-state index contributed by atoms with van der Waals surface area (Å²) in [5, 5.41) is 29.1. The molecular weight excluding hydrogens is 332 g/mol. The first-order chi connectivity index (χ1) is 12.5. The summed E-state index contributed by atoms with van der Waals surface area (Å²) >= 11 is 0. The first-order valence-electron chi connectivity index (χ1n) is 10.2. The fourth-order valence-corrected chi connectivity index (χ4v) is 3.85. The number of ketones is 1. The fourth-order valence-electron chi connectivity index (χ4n) is 3.85. The normalized spacial score (nSPS) is 25.8. The van der Waals surface area contributed by atoms with Crippen molar-refractivity contribution in [3.05, 3.63) is 12.2 Å². The molecule has 0 spiro atoms. The van der Waals surface area contributed by atoms with Gasteiger partial charge in [0.05, 0.1) is 12.2 Å². The molecule has 1 rings (SSSR count). The molecule has 26 heavy (non-hydrogen) atoms. The molecule has 0 aromatic heterocycles. The molecule has 0 aliphatic heterocycles. The number of aliphatic hydroxyl groups excluding tert-OH is 2. The summed E-state index contributed by atoms with van der Waals surface area (Å²) in [4.78, 5) is 22.5. The Kier molecular flexibility index (Phi) is 11.5. The molecule has 0 aromatic rings. The highest BCUT2D eigenvalue weighted by Crippen LogP contribution is 2.38. The smallest absolute Gasteiger partial charge is 0.303 e. The van der Waals surface area contributed by atoms with E-state index in [9.17, 15) is 19.8 Å². The molecule has 5 heteroatoms. The number of carbonyl (C=O) groups is 2. The second-order valence-corrected chi connectivity index (χ2v) is 7.58. The van der Waals surface area contributed by atoms with Crippen LogP contribution in [0.1, 0.15) is 84.0 Å². The maximum Gasteiger partial charge on any atom is 0.303 e. The third-order valence-corrected chi connectivity index (χ3v) is 5.42. The predicted octanol–water partition coefficient (Wildman–Crippen LogP) is 3.87. The van der Waals surface area contributed by atoms with E-state index in [4.69, 9.17) is 5.11 Å². The van der Waals surface area contributed by atoms with Crippen molar-refractivity contribution in [1.82, 2.24) is 0 Å². The van der Waals surface area contributed by atoms with E-state index in [1.165, 1.54) is 6.42 Å². The number of allylic oxidation sites excluding steroid dienone is 2. The topological polar surface area (TPSA) is 94.8 Å². The molecule has 150 valence electrons. The van der Waals surface area contributed by atoms with Gasteiger partial charge in [0, 0.05) is 19.3 Å². The molecule has 0 amide bonds. The minimum absolute atomic E-state index is 0.0198. The van der Waals surface area contributed by atoms with Crippen LogP contribution >= 0.6 is 0 Å². The SMILES string of the molecule is CCCCCCC(=O)CCC1C(O)CC(O)C1C/C=C\CCCC(=O)O. The standard InChI is InChI=1S/C21H36O5/c1-2-3-4-7-10-16(22)13-14-18-17(19(23)15-20(18)24)11-8-5-6-9-12-21(25)26/h5,8,17-20,23-24H,2-4,6-7,9-15H2,1H3,(H,25,26)/b8-5-. The van der Waals surface area contributed by atoms with E-state index >= 15 is 0 Å². The molecule has 1 fully saturated rings. The fraction of sp³-hybridized carbons (Fsp3) is 0.810. The van der Waals surface area contributed by atoms with Gasteiger partial charge in [-0.1, -0.05) is 38.3 Å². The average Bonchev–Trinajstić information content (AvgIpc) is 2.85. The van der Waals surface area contributed by atoms with Crippen LogP contribution in [0.5, 0.6) is 0 Å². The van der Waals surface area contributed by atoms with Crippen molar-refractivity contribution in [3.8, 4) is 0 Å². The molecule has 1 aliphatic rings. The van der Waals surface area contributed by atoms with Gasteiger partial charge in [-0.3, -0.25) is 9.59 Å². The van der Waals surface area contributed by atoms with Gasteiger partial charge in [0.2, 0.25) is 0 Å². The van der Waals surface area contributed by atoms with E-state index < -0.39 is 18.2 Å². The van der Waals surface area contributed by atoms with Gasteiger partial charge in [0.15, 0.2) is 0 Å². The molecule has 0 saturated heterocycles. The number of carbonyl (C=O) groups excluding carboxylic acids is 1. The summed E-state index contributed by atoms with van der Waals surface area (Å²) in [5.41, 5.74) is 0. The van der Waals surface area contributed by atoms with Crippen LogP contribution in [0.4, 0.5) is 0 Å². The number of hydrogen-bond acceptors (Lipinski definition) is 4. The summed E-state index contributed by atoms with van der Waals surface area (Å²) < 4.78 is 0. The third kappa shape index (κ3) is 8.95. The van der Waals surface area contributed by atoms with Crippen LogP contribution in [-0.2, 0) is 9.59 Å². The molecule has 0 radical (unpaired) electrons. The molecular formula is C21H36O5. The van der Waals surface area contributed by atoms with Crippen LogP contribution < -0.4 is 0 Å². The molecule has 0 bridgehead atoms. The monoisotopic (exact) mass is 368 g/mol. The number of rotatable bonds is 14. The highest BCUT2D eigenvalue weighted by Gasteiger charge is 2.40. The minimum atomic E-state index is -0.785. The van der Waals surface area contributed by atoms with E-state index in [1.807, 2.05) is 12.2 Å². The Labute approximate surface area is 157 Å². The van der Waals surface area contributed by atoms with Crippen molar-refractivity contribution in [2.24, 2.45) is 11.8 Å². The number of Topliss-reactive ketones (excluding diaryl/α,β-unsaturated/α-hetero) is 1. The highest BCUT2D eigenvalue weighted by atomic mass is 16.4. The second kappa shape index (κ2) is 13.0. The maximum atomic E-state index is 12.0. The van der Waals surface area contributed by atoms with Crippen molar-refractivity contribution in [1.29, 1.82) is 0 Å². The van der Waals surface area contributed by atoms with E-state index in [0.717, 1.165) is 19.3 Å². The third-order valence-electron chi connectivity index (χ3n) is 5.42. The van der Waals surface area contributed by atoms with Gasteiger partial charge in [-0.15, -0.1) is 0 Å². The van der Waals surface area contributed by atoms with Gasteiger partial charge in [-0.05, 0) is 50.4 Å². The first kappa shape index (κ1) is 22.8. The van der Waals surface area contributed by atoms with Crippen LogP contribution in [0.15, 0.2) is 12.2 Å². The van der Waals surface area contributed by atoms with E-state index in [2.05, 4.69) is 6.92 Å². The summed E-state index contributed by atoms with van der Waals surface area (Å²) in [6.45, 7) is 2.15. The van der Waals surface area contributed by atoms with Crippen LogP contribution in [0.3, 0.4) is 0 Å². The number of carboxylic acid groups (broad SMARTS) is 1. The summed E-state index contributed by atoms with van der Waals surface area (Å²) in [7, 11) is 0. The zero-order valence-corrected chi connectivity index (χ0v) is 16.1. The lowest BCUT2D eigenvalue weighted by Crippen LogP contribution is -2.22. The molecule has 0 heterocycles. The van der Waals surface area contributed by atoms with Crippen molar-refractivity contribution >= 4 is 11.8 Å². The van der Waals surface area contributed by atoms with Crippen molar-refractivity contribution < 1.29 is 24.9 Å². The minimum Gasteiger partial charge on any atom is -0.481 e. The molecule has 4 unspecified atom stereocenters. The van der Waals surface area contributed by atoms with E-state index in [1.54, 1.807) is 0 Å². The first-order valence-corrected chi connectivity index (χ1v) is 10.2. The van der Waals surface area contributed by atoms with Crippen LogP contribution in [0.25, 0.3) is 0 Å². The molecule has 1 saturated carbocycles. The molecule has 3 N–H and O–H groups in total. The molecule has 0 aromatic carbocycles. The largest absolute Gasteiger partial charge is 0.481 e. The van der Waals surface area contributed by atoms with Gasteiger partial charge in [-0.2, -0.15) is 0 Å². The van der Waals surface area contributed by atoms with Crippen LogP contribution in [-0.4, -0.2) is 39.3 Å². The zero-order valence-electron chi connectivity index (χ0n) is 16.1. The van der Waals surface area contributed by atoms with Crippen molar-refractivity contribution in [2.45, 2.75) is 96.2 Å². The number of unbranched alkanes of at least 4 members (excludes halogenated alkanes) is 4. The summed E-state index contributed by atoms with van der Waals surface area (Å²) in [6, 6.07) is 0. The quantitative estimate of drug-likeness (QED) is 0.320. The average molecular weight is 369 g/mol. The summed E-state index contributed by atoms with van der Waals surface area (Å²) in [5.74, 6) is -0.577. The lowest BCUT2D eigenvalue weighted by molar-refractivity contribution is -0.137. The Morgan fingerprint density at radius 1 is 0.923 bits per heavy atom. The van der Waals surface area contributed by atoms with Crippen molar-refractivity contribution in [3.63, 3.8) is 0 Å². The Morgan fingerprint density at radius 2 is 1.65 bits per heavy atom. The Hall–Kier alpha value is -1.20. The predicted molar refractivity (Wildman–Crippen MR) is 102 cm³/mol. The zero-order chi connectivity index (χ0) is 19.4. The Morgan fingerprint density at radius 3 is 2.35 bits per heavy atom. The van der Waals surface area contributed by atoms with Gasteiger partial charge >= 0.3 is 5.97 Å². The summed E-state index contributed by atoms with van der Waals surface area (Å²) in [6.07, 6.45) is 11.5. The number of carboxylic acids is 1. The van der Waals surface area contributed by atoms with Gasteiger partial charge in [-0.25, -0.2) is 0 Å². The van der Waals surface area contributed by atoms with Crippen LogP contribution in [0, 0.1) is 11.8 Å². The van der Waals surface area contributed by atoms with Crippen LogP contribution in [0.2, 0.25) is 0 Å². The maximum absolute atomic E-state index is 12.0. The van der Waals surface area contributed by atoms with Gasteiger partial charge in [0.1, 0.15) is 5.78 Å². The second-order valence-electron chi connectivity index (χ2n) is 7.58. The molecule has 4 atom stereocenters. The molecule has 1 aliphatic carbocycles. The Balaban J connectivity index is 2.35. The molecule has 5 nitrogen and oxygen atoms in total. The van der Waals surface area contributed by atoms with Crippen molar-refractivity contribution in [2.75, 3.05) is 0 Å². The lowest BCUT2D eigenvalue weighted by atomic mass is 9.86. The van der Waals surface area contributed by atoms with Gasteiger partial charge < -0.3 is 15.3 Å². The van der Waals surface area contributed by atoms with E-state index in [0.29, 0.717) is 44.9 Å². The number of aliphatic hydroxyl groups is 2. The Bertz CT molecular complexity index is 446. The van der Waals surface area contributed by atoms with E-state index in [-0.39, 0.29) is 24.0 Å². The lowest BCUT2D eigenvalue weighted by Gasteiger charge is -2.22. The van der Waals surface area contributed by atoms with Gasteiger partial charge in [0.25, 0.3) is 0 Å². The number of hydrogen-bond donors (Lipinski definition) is 3. The number of aliphatic carboxylic acids is 1. The highest BCUT2D eigenvalue weighted by molar-refractivity contribution is 5.78.